The zero-order valence-electron chi connectivity index (χ0n) is 18.4. The zero-order chi connectivity index (χ0) is 27.0. The van der Waals surface area contributed by atoms with Gasteiger partial charge in [0.15, 0.2) is 5.82 Å². The Morgan fingerprint density at radius 2 is 1.54 bits per heavy atom. The molecule has 1 aromatic heterocycles. The zero-order valence-corrected chi connectivity index (χ0v) is 19.2. The summed E-state index contributed by atoms with van der Waals surface area (Å²) in [6.45, 7) is 0. The Balaban J connectivity index is 1.56. The molecule has 0 aliphatic carbocycles. The number of aromatic amines is 1. The smallest absolute Gasteiger partial charge is 0.434 e. The number of benzene rings is 3. The van der Waals surface area contributed by atoms with Gasteiger partial charge in [0.1, 0.15) is 5.75 Å². The molecule has 3 aromatic carbocycles. The van der Waals surface area contributed by atoms with E-state index in [1.807, 2.05) is 0 Å². The van der Waals surface area contributed by atoms with Crippen LogP contribution in [0.4, 0.5) is 26.3 Å². The molecule has 0 fully saturated rings. The first-order valence-electron chi connectivity index (χ1n) is 10.3. The third-order valence-electron chi connectivity index (χ3n) is 5.02. The number of H-pyrrole nitrogens is 1. The van der Waals surface area contributed by atoms with Gasteiger partial charge >= 0.3 is 12.4 Å². The lowest BCUT2D eigenvalue weighted by molar-refractivity contribution is -0.299. The van der Waals surface area contributed by atoms with Gasteiger partial charge in [0.05, 0.1) is 15.9 Å². The van der Waals surface area contributed by atoms with E-state index < -0.39 is 34.2 Å². The molecular formula is C24H15F6N3O3S. The first kappa shape index (κ1) is 26.1. The standard InChI is InChI=1S/C24H15F6N3O3S/c25-23(26,27)22(24(28,29)30)36-16-9-5-14(6-10-16)7-12-21-32-18-11-8-15(13-19(18)33-21)17-3-1-2-4-20(17)37(31,34)35/h1-6,8-11,13,22H,(H,32,33)(H2,31,34,35). The molecule has 0 saturated carbocycles. The number of imidazole rings is 1. The van der Waals surface area contributed by atoms with Crippen LogP contribution in [0.1, 0.15) is 11.4 Å². The molecule has 1 heterocycles. The van der Waals surface area contributed by atoms with Crippen LogP contribution in [0.3, 0.4) is 0 Å². The highest BCUT2D eigenvalue weighted by Gasteiger charge is 2.59. The van der Waals surface area contributed by atoms with Gasteiger partial charge in [-0.25, -0.2) is 18.5 Å². The predicted molar refractivity (Wildman–Crippen MR) is 122 cm³/mol. The molecule has 6 nitrogen and oxygen atoms in total. The number of nitrogens with zero attached hydrogens (tertiary/aromatic N) is 1. The number of aromatic nitrogens is 2. The summed E-state index contributed by atoms with van der Waals surface area (Å²) in [7, 11) is -3.96. The molecule has 4 rings (SSSR count). The molecule has 37 heavy (non-hydrogen) atoms. The normalized spacial score (nSPS) is 12.4. The molecule has 0 radical (unpaired) electrons. The molecule has 0 bridgehead atoms. The number of nitrogens with two attached hydrogens (primary N) is 1. The summed E-state index contributed by atoms with van der Waals surface area (Å²) < 4.78 is 104. The first-order valence-corrected chi connectivity index (χ1v) is 11.8. The lowest BCUT2D eigenvalue weighted by atomic mass is 10.1. The number of hydrogen-bond acceptors (Lipinski definition) is 4. The lowest BCUT2D eigenvalue weighted by Crippen LogP contribution is -2.46. The third-order valence-corrected chi connectivity index (χ3v) is 5.98. The third kappa shape index (κ3) is 6.04. The molecule has 192 valence electrons. The van der Waals surface area contributed by atoms with Crippen LogP contribution in [-0.4, -0.2) is 36.8 Å². The number of rotatable bonds is 4. The topological polar surface area (TPSA) is 98.1 Å². The molecule has 0 atom stereocenters. The summed E-state index contributed by atoms with van der Waals surface area (Å²) in [5.74, 6) is 5.02. The summed E-state index contributed by atoms with van der Waals surface area (Å²) >= 11 is 0. The van der Waals surface area contributed by atoms with Gasteiger partial charge in [-0.15, -0.1) is 0 Å². The maximum absolute atomic E-state index is 12.7. The fraction of sp³-hybridized carbons (Fsp3) is 0.125. The molecule has 0 aliphatic heterocycles. The van der Waals surface area contributed by atoms with Crippen LogP contribution in [0.5, 0.6) is 5.75 Å². The first-order chi connectivity index (χ1) is 17.2. The number of fused-ring (bicyclic) bond motifs is 1. The Kier molecular flexibility index (Phi) is 6.66. The quantitative estimate of drug-likeness (QED) is 0.277. The van der Waals surface area contributed by atoms with E-state index >= 15 is 0 Å². The summed E-state index contributed by atoms with van der Waals surface area (Å²) in [6, 6.07) is 15.5. The summed E-state index contributed by atoms with van der Waals surface area (Å²) in [4.78, 5) is 7.24. The van der Waals surface area contributed by atoms with Crippen molar-refractivity contribution in [2.45, 2.75) is 23.4 Å². The van der Waals surface area contributed by atoms with Crippen LogP contribution in [0.25, 0.3) is 22.2 Å². The van der Waals surface area contributed by atoms with Crippen molar-refractivity contribution in [3.05, 3.63) is 78.1 Å². The van der Waals surface area contributed by atoms with Crippen molar-refractivity contribution < 1.29 is 39.5 Å². The molecule has 0 spiro atoms. The fourth-order valence-electron chi connectivity index (χ4n) is 3.39. The molecule has 13 heteroatoms. The van der Waals surface area contributed by atoms with E-state index in [1.54, 1.807) is 36.4 Å². The van der Waals surface area contributed by atoms with E-state index in [4.69, 9.17) is 5.14 Å². The van der Waals surface area contributed by atoms with Crippen LogP contribution in [0, 0.1) is 11.8 Å². The Hall–Kier alpha value is -4.02. The number of sulfonamides is 1. The average Bonchev–Trinajstić information content (AvgIpc) is 3.22. The van der Waals surface area contributed by atoms with Gasteiger partial charge in [-0.1, -0.05) is 30.2 Å². The van der Waals surface area contributed by atoms with E-state index in [-0.39, 0.29) is 16.3 Å². The van der Waals surface area contributed by atoms with Gasteiger partial charge in [-0.05, 0) is 53.9 Å². The highest BCUT2D eigenvalue weighted by molar-refractivity contribution is 7.89. The van der Waals surface area contributed by atoms with Gasteiger partial charge in [0.25, 0.3) is 6.10 Å². The van der Waals surface area contributed by atoms with Gasteiger partial charge in [-0.2, -0.15) is 26.3 Å². The Morgan fingerprint density at radius 3 is 2.16 bits per heavy atom. The fourth-order valence-corrected chi connectivity index (χ4v) is 4.15. The van der Waals surface area contributed by atoms with Crippen LogP contribution in [-0.2, 0) is 10.0 Å². The van der Waals surface area contributed by atoms with Crippen LogP contribution >= 0.6 is 0 Å². The highest BCUT2D eigenvalue weighted by atomic mass is 32.2. The predicted octanol–water partition coefficient (Wildman–Crippen LogP) is 5.15. The second-order valence-electron chi connectivity index (χ2n) is 7.71. The number of halogens is 6. The minimum atomic E-state index is -5.63. The number of primary sulfonamides is 1. The lowest BCUT2D eigenvalue weighted by Gasteiger charge is -2.23. The van der Waals surface area contributed by atoms with Crippen molar-refractivity contribution >= 4 is 21.1 Å². The largest absolute Gasteiger partial charge is 0.471 e. The minimum absolute atomic E-state index is 0.0471. The van der Waals surface area contributed by atoms with Crippen molar-refractivity contribution in [2.24, 2.45) is 5.14 Å². The second kappa shape index (κ2) is 9.45. The summed E-state index contributed by atoms with van der Waals surface area (Å²) in [5, 5.41) is 5.30. The molecule has 0 unspecified atom stereocenters. The number of alkyl halides is 6. The van der Waals surface area contributed by atoms with Gasteiger partial charge in [0.2, 0.25) is 10.0 Å². The van der Waals surface area contributed by atoms with Crippen molar-refractivity contribution in [3.63, 3.8) is 0 Å². The van der Waals surface area contributed by atoms with Gasteiger partial charge < -0.3 is 9.72 Å². The number of hydrogen-bond donors (Lipinski definition) is 2. The molecular weight excluding hydrogens is 524 g/mol. The molecule has 0 saturated heterocycles. The summed E-state index contributed by atoms with van der Waals surface area (Å²) in [5.41, 5.74) is 2.29. The van der Waals surface area contributed by atoms with E-state index in [2.05, 4.69) is 26.5 Å². The molecule has 4 aromatic rings. The van der Waals surface area contributed by atoms with Crippen LogP contribution in [0.2, 0.25) is 0 Å². The van der Waals surface area contributed by atoms with Crippen molar-refractivity contribution in [1.29, 1.82) is 0 Å². The van der Waals surface area contributed by atoms with Gasteiger partial charge in [-0.3, -0.25) is 0 Å². The molecule has 3 N–H and O–H groups in total. The number of nitrogens with one attached hydrogen (secondary N) is 1. The summed E-state index contributed by atoms with van der Waals surface area (Å²) in [6.07, 6.45) is -15.2. The number of ether oxygens (including phenoxy) is 1. The van der Waals surface area contributed by atoms with Gasteiger partial charge in [0, 0.05) is 11.1 Å². The monoisotopic (exact) mass is 539 g/mol. The Morgan fingerprint density at radius 1 is 0.892 bits per heavy atom. The Labute approximate surface area is 206 Å². The molecule has 0 aliphatic rings. The Bertz CT molecular complexity index is 1600. The van der Waals surface area contributed by atoms with Crippen LogP contribution < -0.4 is 9.88 Å². The van der Waals surface area contributed by atoms with Crippen molar-refractivity contribution in [1.82, 2.24) is 9.97 Å². The van der Waals surface area contributed by atoms with E-state index in [0.29, 0.717) is 22.2 Å². The maximum atomic E-state index is 12.7. The van der Waals surface area contributed by atoms with E-state index in [9.17, 15) is 34.8 Å². The molecule has 0 amide bonds. The van der Waals surface area contributed by atoms with E-state index in [0.717, 1.165) is 12.1 Å². The van der Waals surface area contributed by atoms with Crippen molar-refractivity contribution in [3.8, 4) is 28.7 Å². The highest BCUT2D eigenvalue weighted by Crippen LogP contribution is 2.36. The maximum Gasteiger partial charge on any atom is 0.434 e. The minimum Gasteiger partial charge on any atom is -0.471 e. The SMILES string of the molecule is NS(=O)(=O)c1ccccc1-c1ccc2[nH]c(C#Cc3ccc(OC(C(F)(F)F)C(F)(F)F)cc3)nc2c1. The van der Waals surface area contributed by atoms with E-state index in [1.165, 1.54) is 18.2 Å². The average molecular weight is 539 g/mol. The van der Waals surface area contributed by atoms with Crippen molar-refractivity contribution in [2.75, 3.05) is 0 Å². The van der Waals surface area contributed by atoms with Crippen LogP contribution in [0.15, 0.2) is 71.6 Å². The second-order valence-corrected chi connectivity index (χ2v) is 9.24.